The number of nitrogens with zero attached hydrogens (tertiary/aromatic N) is 2. The summed E-state index contributed by atoms with van der Waals surface area (Å²) >= 11 is 0. The topological polar surface area (TPSA) is 131 Å². The fourth-order valence-electron chi connectivity index (χ4n) is 3.42. The van der Waals surface area contributed by atoms with E-state index in [-0.39, 0.29) is 24.5 Å². The Morgan fingerprint density at radius 1 is 1.29 bits per heavy atom. The van der Waals surface area contributed by atoms with E-state index in [4.69, 9.17) is 19.6 Å². The van der Waals surface area contributed by atoms with Crippen molar-refractivity contribution in [3.8, 4) is 0 Å². The zero-order chi connectivity index (χ0) is 23.4. The van der Waals surface area contributed by atoms with E-state index in [0.717, 1.165) is 0 Å². The highest BCUT2D eigenvalue weighted by Gasteiger charge is 2.49. The summed E-state index contributed by atoms with van der Waals surface area (Å²) in [5.41, 5.74) is 3.80. The molecule has 0 spiro atoms. The molecule has 0 radical (unpaired) electrons. The van der Waals surface area contributed by atoms with Crippen molar-refractivity contribution in [2.75, 3.05) is 13.1 Å². The fraction of sp³-hybridized carbons (Fsp3) is 0.667. The standard InChI is InChI=1S/C21H35N5O5/c1-8-23-18(24-11-14-9-10-16(29-14)17(22)27)25-12-15-13(2)30-21(6,7)26(15)19(28)31-20(3,4)5/h9-10,13,15H,8,11-12H2,1-7H3,(H2,22,27)(H2,23,24,25). The maximum atomic E-state index is 12.9. The van der Waals surface area contributed by atoms with E-state index in [1.807, 2.05) is 48.5 Å². The van der Waals surface area contributed by atoms with Crippen molar-refractivity contribution in [3.05, 3.63) is 23.7 Å². The zero-order valence-corrected chi connectivity index (χ0v) is 19.4. The Morgan fingerprint density at radius 2 is 1.97 bits per heavy atom. The maximum absolute atomic E-state index is 12.9. The number of nitrogens with two attached hydrogens (primary N) is 1. The number of aliphatic imine (C=N–C) groups is 1. The van der Waals surface area contributed by atoms with E-state index in [1.54, 1.807) is 11.0 Å². The van der Waals surface area contributed by atoms with Gasteiger partial charge in [-0.1, -0.05) is 0 Å². The van der Waals surface area contributed by atoms with Gasteiger partial charge in [0.15, 0.2) is 11.7 Å². The zero-order valence-electron chi connectivity index (χ0n) is 19.4. The summed E-state index contributed by atoms with van der Waals surface area (Å²) in [5, 5.41) is 6.41. The molecule has 0 bridgehead atoms. The van der Waals surface area contributed by atoms with Crippen LogP contribution in [0.1, 0.15) is 64.8 Å². The molecule has 1 aromatic rings. The summed E-state index contributed by atoms with van der Waals surface area (Å²) in [4.78, 5) is 30.2. The molecular formula is C21H35N5O5. The lowest BCUT2D eigenvalue weighted by atomic mass is 10.1. The van der Waals surface area contributed by atoms with Gasteiger partial charge in [-0.25, -0.2) is 9.79 Å². The molecule has 2 atom stereocenters. The molecule has 0 aromatic carbocycles. The van der Waals surface area contributed by atoms with Gasteiger partial charge >= 0.3 is 6.09 Å². The van der Waals surface area contributed by atoms with E-state index >= 15 is 0 Å². The third-order valence-electron chi connectivity index (χ3n) is 4.64. The number of hydrogen-bond donors (Lipinski definition) is 3. The normalized spacial score (nSPS) is 21.1. The summed E-state index contributed by atoms with van der Waals surface area (Å²) < 4.78 is 17.0. The molecule has 4 N–H and O–H groups in total. The van der Waals surface area contributed by atoms with Gasteiger partial charge in [0.25, 0.3) is 5.91 Å². The third-order valence-corrected chi connectivity index (χ3v) is 4.64. The van der Waals surface area contributed by atoms with E-state index in [0.29, 0.717) is 24.8 Å². The number of carbonyl (C=O) groups is 2. The molecule has 10 heteroatoms. The number of ether oxygens (including phenoxy) is 2. The predicted octanol–water partition coefficient (Wildman–Crippen LogP) is 2.19. The molecule has 1 saturated heterocycles. The molecular weight excluding hydrogens is 402 g/mol. The van der Waals surface area contributed by atoms with Crippen LogP contribution in [0, 0.1) is 0 Å². The van der Waals surface area contributed by atoms with E-state index in [9.17, 15) is 9.59 Å². The van der Waals surface area contributed by atoms with E-state index in [1.165, 1.54) is 6.07 Å². The van der Waals surface area contributed by atoms with Crippen LogP contribution in [0.5, 0.6) is 0 Å². The summed E-state index contributed by atoms with van der Waals surface area (Å²) in [6.45, 7) is 14.3. The lowest BCUT2D eigenvalue weighted by Crippen LogP contribution is -2.54. The van der Waals surface area contributed by atoms with Gasteiger partial charge in [-0.05, 0) is 60.6 Å². The van der Waals surface area contributed by atoms with Crippen molar-refractivity contribution in [2.45, 2.75) is 78.5 Å². The van der Waals surface area contributed by atoms with Crippen LogP contribution in [-0.4, -0.2) is 59.4 Å². The van der Waals surface area contributed by atoms with Crippen LogP contribution >= 0.6 is 0 Å². The van der Waals surface area contributed by atoms with Crippen LogP contribution in [0.2, 0.25) is 0 Å². The Kier molecular flexibility index (Phi) is 7.58. The number of amides is 2. The van der Waals surface area contributed by atoms with Gasteiger partial charge in [0, 0.05) is 13.1 Å². The van der Waals surface area contributed by atoms with Crippen molar-refractivity contribution in [1.82, 2.24) is 15.5 Å². The number of hydrogen-bond acceptors (Lipinski definition) is 6. The molecule has 1 fully saturated rings. The first-order valence-corrected chi connectivity index (χ1v) is 10.4. The van der Waals surface area contributed by atoms with Crippen LogP contribution in [-0.2, 0) is 16.0 Å². The molecule has 2 amide bonds. The number of guanidine groups is 1. The Bertz CT molecular complexity index is 811. The first-order chi connectivity index (χ1) is 14.3. The smallest absolute Gasteiger partial charge is 0.412 e. The van der Waals surface area contributed by atoms with E-state index < -0.39 is 23.3 Å². The second-order valence-corrected chi connectivity index (χ2v) is 8.89. The summed E-state index contributed by atoms with van der Waals surface area (Å²) in [7, 11) is 0. The molecule has 1 aromatic heterocycles. The lowest BCUT2D eigenvalue weighted by Gasteiger charge is -2.35. The average Bonchev–Trinajstić information content (AvgIpc) is 3.17. The Morgan fingerprint density at radius 3 is 2.52 bits per heavy atom. The summed E-state index contributed by atoms with van der Waals surface area (Å²) in [5.74, 6) is 0.524. The molecule has 1 aliphatic rings. The number of primary amides is 1. The highest BCUT2D eigenvalue weighted by atomic mass is 16.6. The first-order valence-electron chi connectivity index (χ1n) is 10.4. The van der Waals surface area contributed by atoms with Crippen LogP contribution in [0.4, 0.5) is 4.79 Å². The summed E-state index contributed by atoms with van der Waals surface area (Å²) in [6, 6.07) is 2.91. The predicted molar refractivity (Wildman–Crippen MR) is 117 cm³/mol. The molecule has 174 valence electrons. The van der Waals surface area contributed by atoms with Crippen molar-refractivity contribution in [1.29, 1.82) is 0 Å². The highest BCUT2D eigenvalue weighted by molar-refractivity contribution is 5.89. The van der Waals surface area contributed by atoms with Crippen LogP contribution in [0.25, 0.3) is 0 Å². The molecule has 2 rings (SSSR count). The van der Waals surface area contributed by atoms with Crippen LogP contribution in [0.15, 0.2) is 21.5 Å². The van der Waals surface area contributed by atoms with Crippen molar-refractivity contribution in [2.24, 2.45) is 10.7 Å². The molecule has 2 heterocycles. The Hall–Kier alpha value is -2.75. The average molecular weight is 438 g/mol. The lowest BCUT2D eigenvalue weighted by molar-refractivity contribution is -0.0755. The van der Waals surface area contributed by atoms with Crippen LogP contribution in [0.3, 0.4) is 0 Å². The van der Waals surface area contributed by atoms with Gasteiger partial charge in [0.05, 0.1) is 12.1 Å². The molecule has 0 saturated carbocycles. The largest absolute Gasteiger partial charge is 0.454 e. The second-order valence-electron chi connectivity index (χ2n) is 8.89. The maximum Gasteiger partial charge on any atom is 0.412 e. The quantitative estimate of drug-likeness (QED) is 0.459. The minimum Gasteiger partial charge on any atom is -0.454 e. The minimum atomic E-state index is -0.803. The molecule has 0 aliphatic carbocycles. The number of nitrogens with one attached hydrogen (secondary N) is 2. The van der Waals surface area contributed by atoms with E-state index in [2.05, 4.69) is 15.6 Å². The van der Waals surface area contributed by atoms with Crippen molar-refractivity contribution in [3.63, 3.8) is 0 Å². The first kappa shape index (κ1) is 24.5. The molecule has 10 nitrogen and oxygen atoms in total. The van der Waals surface area contributed by atoms with Gasteiger partial charge in [-0.15, -0.1) is 0 Å². The van der Waals surface area contributed by atoms with Gasteiger partial charge in [0.1, 0.15) is 23.6 Å². The minimum absolute atomic E-state index is 0.0929. The number of furan rings is 1. The number of carbonyl (C=O) groups excluding carboxylic acids is 2. The van der Waals surface area contributed by atoms with Gasteiger partial charge in [-0.2, -0.15) is 0 Å². The monoisotopic (exact) mass is 437 g/mol. The second kappa shape index (κ2) is 9.59. The highest BCUT2D eigenvalue weighted by Crippen LogP contribution is 2.33. The van der Waals surface area contributed by atoms with Gasteiger partial charge in [0.2, 0.25) is 0 Å². The fourth-order valence-corrected chi connectivity index (χ4v) is 3.42. The summed E-state index contributed by atoms with van der Waals surface area (Å²) in [6.07, 6.45) is -0.633. The van der Waals surface area contributed by atoms with Crippen LogP contribution < -0.4 is 16.4 Å². The Balaban J connectivity index is 2.10. The van der Waals surface area contributed by atoms with Crippen molar-refractivity contribution >= 4 is 18.0 Å². The van der Waals surface area contributed by atoms with Gasteiger partial charge in [-0.3, -0.25) is 9.69 Å². The molecule has 31 heavy (non-hydrogen) atoms. The number of rotatable bonds is 6. The SMILES string of the molecule is CCNC(=NCc1ccc(C(N)=O)o1)NCC1C(C)OC(C)(C)N1C(=O)OC(C)(C)C. The van der Waals surface area contributed by atoms with Gasteiger partial charge < -0.3 is 30.3 Å². The van der Waals surface area contributed by atoms with Crippen molar-refractivity contribution < 1.29 is 23.5 Å². The molecule has 2 unspecified atom stereocenters. The Labute approximate surface area is 183 Å². The third kappa shape index (κ3) is 6.61. The molecule has 1 aliphatic heterocycles.